The van der Waals surface area contributed by atoms with Gasteiger partial charge in [-0.15, -0.1) is 0 Å². The van der Waals surface area contributed by atoms with E-state index in [2.05, 4.69) is 38.8 Å². The molecule has 1 atom stereocenters. The van der Waals surface area contributed by atoms with Gasteiger partial charge in [-0.1, -0.05) is 77.3 Å². The van der Waals surface area contributed by atoms with Crippen LogP contribution in [0, 0.1) is 5.33 Å². The number of hydrogen-bond acceptors (Lipinski definition) is 0. The molecule has 0 amide bonds. The maximum absolute atomic E-state index is 3.56. The lowest BCUT2D eigenvalue weighted by Crippen LogP contribution is -1.93. The Hall–Kier alpha value is 0.960. The Bertz CT molecular complexity index is 83.9. The van der Waals surface area contributed by atoms with Crippen LogP contribution >= 0.6 is 31.9 Å². The van der Waals surface area contributed by atoms with Crippen molar-refractivity contribution in [1.82, 2.24) is 0 Å². The first-order chi connectivity index (χ1) is 5.81. The Morgan fingerprint density at radius 2 is 1.67 bits per heavy atom. The fraction of sp³-hybridized carbons (Fsp3) is 0.900. The van der Waals surface area contributed by atoms with Crippen LogP contribution in [0.1, 0.15) is 51.9 Å². The van der Waals surface area contributed by atoms with Gasteiger partial charge in [0.1, 0.15) is 0 Å². The van der Waals surface area contributed by atoms with E-state index in [0.717, 1.165) is 0 Å². The highest BCUT2D eigenvalue weighted by Crippen LogP contribution is 2.17. The topological polar surface area (TPSA) is 0 Å². The molecule has 0 aromatic carbocycles. The van der Waals surface area contributed by atoms with Crippen molar-refractivity contribution in [2.45, 2.75) is 56.7 Å². The van der Waals surface area contributed by atoms with Crippen molar-refractivity contribution in [3.8, 4) is 0 Å². The van der Waals surface area contributed by atoms with Crippen LogP contribution in [0.5, 0.6) is 0 Å². The van der Waals surface area contributed by atoms with Gasteiger partial charge < -0.3 is 0 Å². The van der Waals surface area contributed by atoms with Crippen molar-refractivity contribution in [1.29, 1.82) is 0 Å². The Kier molecular flexibility index (Phi) is 10.8. The summed E-state index contributed by atoms with van der Waals surface area (Å²) in [5.74, 6) is 0. The molecule has 12 heavy (non-hydrogen) atoms. The third-order valence-electron chi connectivity index (χ3n) is 1.97. The molecule has 0 bridgehead atoms. The summed E-state index contributed by atoms with van der Waals surface area (Å²) in [7, 11) is 0. The molecule has 0 heterocycles. The second-order valence-electron chi connectivity index (χ2n) is 3.20. The first kappa shape index (κ1) is 13.0. The van der Waals surface area contributed by atoms with Crippen LogP contribution in [0.4, 0.5) is 0 Å². The first-order valence-corrected chi connectivity index (χ1v) is 6.72. The summed E-state index contributed by atoms with van der Waals surface area (Å²) in [6, 6.07) is 0. The van der Waals surface area contributed by atoms with E-state index in [4.69, 9.17) is 0 Å². The zero-order valence-electron chi connectivity index (χ0n) is 7.86. The van der Waals surface area contributed by atoms with Crippen LogP contribution in [0.25, 0.3) is 0 Å². The second-order valence-corrected chi connectivity index (χ2v) is 4.90. The molecule has 0 spiro atoms. The maximum atomic E-state index is 3.56. The SMILES string of the molecule is CCCCCCCCC(Br)[CH]Br. The fourth-order valence-corrected chi connectivity index (χ4v) is 1.77. The Morgan fingerprint density at radius 1 is 1.08 bits per heavy atom. The molecule has 0 saturated heterocycles. The average Bonchev–Trinajstić information content (AvgIpc) is 2.10. The quantitative estimate of drug-likeness (QED) is 0.434. The number of alkyl halides is 1. The van der Waals surface area contributed by atoms with Crippen molar-refractivity contribution < 1.29 is 0 Å². The van der Waals surface area contributed by atoms with E-state index in [1.165, 1.54) is 44.9 Å². The molecule has 0 fully saturated rings. The fourth-order valence-electron chi connectivity index (χ4n) is 1.18. The Morgan fingerprint density at radius 3 is 2.25 bits per heavy atom. The summed E-state index contributed by atoms with van der Waals surface area (Å²) >= 11 is 6.89. The van der Waals surface area contributed by atoms with Gasteiger partial charge in [0.25, 0.3) is 0 Å². The minimum atomic E-state index is 0.559. The van der Waals surface area contributed by atoms with Crippen LogP contribution in [0.3, 0.4) is 0 Å². The van der Waals surface area contributed by atoms with E-state index in [1.54, 1.807) is 0 Å². The highest BCUT2D eigenvalue weighted by molar-refractivity contribution is 9.13. The van der Waals surface area contributed by atoms with Crippen molar-refractivity contribution in [3.63, 3.8) is 0 Å². The molecular weight excluding hydrogens is 280 g/mol. The van der Waals surface area contributed by atoms with Crippen molar-refractivity contribution in [2.24, 2.45) is 0 Å². The molecule has 0 aliphatic carbocycles. The lowest BCUT2D eigenvalue weighted by Gasteiger charge is -2.04. The van der Waals surface area contributed by atoms with Crippen molar-refractivity contribution >= 4 is 31.9 Å². The predicted octanol–water partition coefficient (Wildman–Crippen LogP) is 5.06. The van der Waals surface area contributed by atoms with E-state index in [0.29, 0.717) is 4.83 Å². The zero-order valence-corrected chi connectivity index (χ0v) is 11.0. The summed E-state index contributed by atoms with van der Waals surface area (Å²) in [6.07, 6.45) is 9.58. The van der Waals surface area contributed by atoms with Gasteiger partial charge in [0, 0.05) is 10.2 Å². The lowest BCUT2D eigenvalue weighted by molar-refractivity contribution is 0.595. The van der Waals surface area contributed by atoms with Gasteiger partial charge in [-0.25, -0.2) is 0 Å². The third-order valence-corrected chi connectivity index (χ3v) is 4.04. The normalized spacial score (nSPS) is 13.2. The van der Waals surface area contributed by atoms with Crippen LogP contribution in [0.15, 0.2) is 0 Å². The Labute approximate surface area is 93.8 Å². The molecule has 0 aromatic heterocycles. The monoisotopic (exact) mass is 297 g/mol. The predicted molar refractivity (Wildman–Crippen MR) is 63.9 cm³/mol. The van der Waals surface area contributed by atoms with Gasteiger partial charge in [-0.05, 0) is 6.42 Å². The van der Waals surface area contributed by atoms with Gasteiger partial charge in [-0.3, -0.25) is 0 Å². The molecule has 0 aromatic rings. The second kappa shape index (κ2) is 10.0. The number of hydrogen-bond donors (Lipinski definition) is 0. The standard InChI is InChI=1S/C10H19Br2/c1-2-3-4-5-6-7-8-10(12)9-11/h9-10H,2-8H2,1H3. The lowest BCUT2D eigenvalue weighted by atomic mass is 10.1. The molecule has 2 heteroatoms. The highest BCUT2D eigenvalue weighted by Gasteiger charge is 2.00. The van der Waals surface area contributed by atoms with Gasteiger partial charge in [0.2, 0.25) is 0 Å². The molecule has 0 N–H and O–H groups in total. The largest absolute Gasteiger partial charge is 0.0878 e. The van der Waals surface area contributed by atoms with Crippen LogP contribution < -0.4 is 0 Å². The van der Waals surface area contributed by atoms with Crippen LogP contribution in [0.2, 0.25) is 0 Å². The van der Waals surface area contributed by atoms with Crippen LogP contribution in [-0.2, 0) is 0 Å². The van der Waals surface area contributed by atoms with Crippen molar-refractivity contribution in [2.75, 3.05) is 0 Å². The zero-order chi connectivity index (χ0) is 9.23. The minimum Gasteiger partial charge on any atom is -0.0878 e. The van der Waals surface area contributed by atoms with Crippen molar-refractivity contribution in [3.05, 3.63) is 5.33 Å². The third kappa shape index (κ3) is 9.05. The number of unbranched alkanes of at least 4 members (excludes halogenated alkanes) is 5. The first-order valence-electron chi connectivity index (χ1n) is 4.89. The molecule has 0 aliphatic rings. The van der Waals surface area contributed by atoms with E-state index in [-0.39, 0.29) is 0 Å². The molecule has 1 radical (unpaired) electrons. The van der Waals surface area contributed by atoms with Gasteiger partial charge in [-0.2, -0.15) is 0 Å². The van der Waals surface area contributed by atoms with Gasteiger partial charge >= 0.3 is 0 Å². The van der Waals surface area contributed by atoms with Gasteiger partial charge in [0.05, 0.1) is 0 Å². The number of halogens is 2. The average molecular weight is 299 g/mol. The van der Waals surface area contributed by atoms with Gasteiger partial charge in [0.15, 0.2) is 0 Å². The maximum Gasteiger partial charge on any atom is 0.0407 e. The molecule has 0 nitrogen and oxygen atoms in total. The number of rotatable bonds is 8. The van der Waals surface area contributed by atoms with Crippen LogP contribution in [-0.4, -0.2) is 4.83 Å². The summed E-state index contributed by atoms with van der Waals surface area (Å²) in [4.78, 5) is 0.559. The molecule has 73 valence electrons. The van der Waals surface area contributed by atoms with E-state index >= 15 is 0 Å². The summed E-state index contributed by atoms with van der Waals surface area (Å²) in [5, 5.41) is 2.04. The van der Waals surface area contributed by atoms with E-state index < -0.39 is 0 Å². The molecule has 0 aliphatic heterocycles. The summed E-state index contributed by atoms with van der Waals surface area (Å²) in [5.41, 5.74) is 0. The Balaban J connectivity index is 2.90. The highest BCUT2D eigenvalue weighted by atomic mass is 79.9. The molecule has 0 saturated carbocycles. The molecular formula is C10H19Br2. The molecule has 1 unspecified atom stereocenters. The smallest absolute Gasteiger partial charge is 0.0407 e. The van der Waals surface area contributed by atoms with E-state index in [1.807, 2.05) is 5.33 Å². The molecule has 0 rings (SSSR count). The summed E-state index contributed by atoms with van der Waals surface area (Å²) in [6.45, 7) is 2.26. The van der Waals surface area contributed by atoms with E-state index in [9.17, 15) is 0 Å². The minimum absolute atomic E-state index is 0.559. The summed E-state index contributed by atoms with van der Waals surface area (Å²) < 4.78 is 0.